The second kappa shape index (κ2) is 11.5. The summed E-state index contributed by atoms with van der Waals surface area (Å²) in [6, 6.07) is 13.5. The van der Waals surface area contributed by atoms with Crippen LogP contribution in [0.4, 0.5) is 0 Å². The zero-order valence-corrected chi connectivity index (χ0v) is 17.8. The molecule has 2 aromatic rings. The molecule has 2 rings (SSSR count). The Kier molecular flexibility index (Phi) is 9.01. The van der Waals surface area contributed by atoms with Gasteiger partial charge in [0.05, 0.1) is 13.7 Å². The summed E-state index contributed by atoms with van der Waals surface area (Å²) in [7, 11) is 1.67. The maximum Gasteiger partial charge on any atom is 0.258 e. The van der Waals surface area contributed by atoms with Gasteiger partial charge in [-0.1, -0.05) is 24.3 Å². The van der Waals surface area contributed by atoms with Gasteiger partial charge in [0.15, 0.2) is 18.1 Å². The summed E-state index contributed by atoms with van der Waals surface area (Å²) in [6.45, 7) is 4.44. The van der Waals surface area contributed by atoms with E-state index in [2.05, 4.69) is 11.4 Å². The molecule has 0 aliphatic rings. The van der Waals surface area contributed by atoms with Crippen molar-refractivity contribution in [2.45, 2.75) is 26.3 Å². The van der Waals surface area contributed by atoms with E-state index >= 15 is 0 Å². The van der Waals surface area contributed by atoms with Gasteiger partial charge in [0, 0.05) is 11.8 Å². The largest absolute Gasteiger partial charge is 0.496 e. The smallest absolute Gasteiger partial charge is 0.258 e. The Hall–Kier alpha value is -2.34. The van der Waals surface area contributed by atoms with Crippen LogP contribution in [0, 0.1) is 6.92 Å². The van der Waals surface area contributed by atoms with Gasteiger partial charge in [-0.25, -0.2) is 0 Å². The number of nitrogens with one attached hydrogen (secondary N) is 1. The fourth-order valence-electron chi connectivity index (χ4n) is 2.96. The van der Waals surface area contributed by atoms with E-state index < -0.39 is 0 Å². The van der Waals surface area contributed by atoms with Crippen LogP contribution < -0.4 is 19.5 Å². The molecule has 0 spiro atoms. The lowest BCUT2D eigenvalue weighted by Crippen LogP contribution is -2.40. The summed E-state index contributed by atoms with van der Waals surface area (Å²) >= 11 is 1.71. The molecule has 0 aliphatic carbocycles. The predicted octanol–water partition coefficient (Wildman–Crippen LogP) is 3.87. The highest BCUT2D eigenvalue weighted by Crippen LogP contribution is 2.26. The Bertz CT molecular complexity index is 766. The second-order valence-electron chi connectivity index (χ2n) is 6.40. The van der Waals surface area contributed by atoms with Crippen LogP contribution in [-0.2, 0) is 11.2 Å². The first-order valence-corrected chi connectivity index (χ1v) is 10.7. The van der Waals surface area contributed by atoms with Crippen molar-refractivity contribution in [3.63, 3.8) is 0 Å². The minimum absolute atomic E-state index is 0.0287. The zero-order chi connectivity index (χ0) is 20.4. The number of ether oxygens (including phenoxy) is 3. The Morgan fingerprint density at radius 1 is 1.11 bits per heavy atom. The second-order valence-corrected chi connectivity index (χ2v) is 7.31. The lowest BCUT2D eigenvalue weighted by molar-refractivity contribution is -0.123. The maximum atomic E-state index is 12.4. The number of rotatable bonds is 11. The number of benzene rings is 2. The van der Waals surface area contributed by atoms with Crippen molar-refractivity contribution in [2.75, 3.05) is 32.3 Å². The van der Waals surface area contributed by atoms with Gasteiger partial charge in [-0.3, -0.25) is 4.79 Å². The molecule has 2 aromatic carbocycles. The van der Waals surface area contributed by atoms with Crippen LogP contribution in [0.1, 0.15) is 18.1 Å². The zero-order valence-electron chi connectivity index (χ0n) is 17.0. The van der Waals surface area contributed by atoms with Gasteiger partial charge in [0.2, 0.25) is 0 Å². The predicted molar refractivity (Wildman–Crippen MR) is 115 cm³/mol. The van der Waals surface area contributed by atoms with Crippen molar-refractivity contribution in [1.29, 1.82) is 0 Å². The van der Waals surface area contributed by atoms with Gasteiger partial charge in [-0.05, 0) is 55.9 Å². The third kappa shape index (κ3) is 6.68. The molecule has 28 heavy (non-hydrogen) atoms. The van der Waals surface area contributed by atoms with Gasteiger partial charge in [0.1, 0.15) is 5.75 Å². The standard InChI is InChI=1S/C22H29NO4S/c1-5-26-20-8-6-7-9-21(20)27-14-22(24)23-18(15-28-4)13-17-10-11-19(25-3)16(2)12-17/h6-12,18H,5,13-15H2,1-4H3,(H,23,24)/t18-/m0/s1. The molecule has 0 heterocycles. The maximum absolute atomic E-state index is 12.4. The SMILES string of the molecule is CCOc1ccccc1OCC(=O)N[C@H](CSC)Cc1ccc(OC)c(C)c1. The molecular formula is C22H29NO4S. The number of hydrogen-bond donors (Lipinski definition) is 1. The highest BCUT2D eigenvalue weighted by Gasteiger charge is 2.15. The average molecular weight is 404 g/mol. The number of hydrogen-bond acceptors (Lipinski definition) is 5. The molecule has 0 fully saturated rings. The Morgan fingerprint density at radius 3 is 2.43 bits per heavy atom. The summed E-state index contributed by atoms with van der Waals surface area (Å²) in [5.74, 6) is 2.77. The van der Waals surface area contributed by atoms with Crippen LogP contribution in [0.15, 0.2) is 42.5 Å². The van der Waals surface area contributed by atoms with Crippen molar-refractivity contribution < 1.29 is 19.0 Å². The summed E-state index contributed by atoms with van der Waals surface area (Å²) in [6.07, 6.45) is 2.79. The van der Waals surface area contributed by atoms with E-state index in [1.54, 1.807) is 24.9 Å². The summed E-state index contributed by atoms with van der Waals surface area (Å²) in [5.41, 5.74) is 2.25. The van der Waals surface area contributed by atoms with Crippen LogP contribution in [0.3, 0.4) is 0 Å². The molecule has 1 atom stereocenters. The van der Waals surface area contributed by atoms with E-state index in [9.17, 15) is 4.79 Å². The first-order chi connectivity index (χ1) is 13.6. The van der Waals surface area contributed by atoms with Crippen LogP contribution in [0.25, 0.3) is 0 Å². The number of methoxy groups -OCH3 is 1. The van der Waals surface area contributed by atoms with Crippen molar-refractivity contribution in [2.24, 2.45) is 0 Å². The number of amides is 1. The molecule has 6 heteroatoms. The number of carbonyl (C=O) groups excluding carboxylic acids is 1. The third-order valence-electron chi connectivity index (χ3n) is 4.18. The molecule has 1 amide bonds. The van der Waals surface area contributed by atoms with Crippen molar-refractivity contribution in [3.8, 4) is 17.2 Å². The number of para-hydroxylation sites is 2. The van der Waals surface area contributed by atoms with Gasteiger partial charge in [0.25, 0.3) is 5.91 Å². The van der Waals surface area contributed by atoms with Crippen molar-refractivity contribution >= 4 is 17.7 Å². The van der Waals surface area contributed by atoms with E-state index in [4.69, 9.17) is 14.2 Å². The molecule has 0 aromatic heterocycles. The molecule has 152 valence electrons. The summed E-state index contributed by atoms with van der Waals surface area (Å²) in [5, 5.41) is 3.08. The average Bonchev–Trinajstić information content (AvgIpc) is 2.68. The van der Waals surface area contributed by atoms with Gasteiger partial charge >= 0.3 is 0 Å². The van der Waals surface area contributed by atoms with Crippen LogP contribution >= 0.6 is 11.8 Å². The van der Waals surface area contributed by atoms with Crippen LogP contribution in [-0.4, -0.2) is 44.3 Å². The Labute approximate surface area is 171 Å². The molecule has 0 bridgehead atoms. The quantitative estimate of drug-likeness (QED) is 0.617. The van der Waals surface area contributed by atoms with E-state index in [1.165, 1.54) is 5.56 Å². The lowest BCUT2D eigenvalue weighted by Gasteiger charge is -2.19. The molecule has 1 N–H and O–H groups in total. The highest BCUT2D eigenvalue weighted by molar-refractivity contribution is 7.98. The van der Waals surface area contributed by atoms with Crippen molar-refractivity contribution in [1.82, 2.24) is 5.32 Å². The van der Waals surface area contributed by atoms with E-state index in [1.807, 2.05) is 50.4 Å². The molecule has 0 unspecified atom stereocenters. The van der Waals surface area contributed by atoms with Crippen molar-refractivity contribution in [3.05, 3.63) is 53.6 Å². The fourth-order valence-corrected chi connectivity index (χ4v) is 3.57. The van der Waals surface area contributed by atoms with E-state index in [0.717, 1.165) is 23.5 Å². The molecule has 0 saturated heterocycles. The van der Waals surface area contributed by atoms with E-state index in [-0.39, 0.29) is 18.6 Å². The summed E-state index contributed by atoms with van der Waals surface area (Å²) in [4.78, 5) is 12.4. The molecule has 0 radical (unpaired) electrons. The Morgan fingerprint density at radius 2 is 1.82 bits per heavy atom. The lowest BCUT2D eigenvalue weighted by atomic mass is 10.0. The third-order valence-corrected chi connectivity index (χ3v) is 4.92. The van der Waals surface area contributed by atoms with Crippen LogP contribution in [0.5, 0.6) is 17.2 Å². The molecule has 0 saturated carbocycles. The highest BCUT2D eigenvalue weighted by atomic mass is 32.2. The first-order valence-electron chi connectivity index (χ1n) is 9.33. The van der Waals surface area contributed by atoms with Gasteiger partial charge < -0.3 is 19.5 Å². The van der Waals surface area contributed by atoms with Crippen LogP contribution in [0.2, 0.25) is 0 Å². The molecule has 5 nitrogen and oxygen atoms in total. The van der Waals surface area contributed by atoms with Gasteiger partial charge in [-0.2, -0.15) is 11.8 Å². The molecular weight excluding hydrogens is 374 g/mol. The topological polar surface area (TPSA) is 56.8 Å². The summed E-state index contributed by atoms with van der Waals surface area (Å²) < 4.78 is 16.5. The monoisotopic (exact) mass is 403 g/mol. The first kappa shape index (κ1) is 22.0. The number of aryl methyl sites for hydroxylation is 1. The van der Waals surface area contributed by atoms with Gasteiger partial charge in [-0.15, -0.1) is 0 Å². The minimum atomic E-state index is -0.143. The van der Waals surface area contributed by atoms with E-state index in [0.29, 0.717) is 18.1 Å². The normalized spacial score (nSPS) is 11.6. The fraction of sp³-hybridized carbons (Fsp3) is 0.409. The molecule has 0 aliphatic heterocycles. The Balaban J connectivity index is 1.94. The minimum Gasteiger partial charge on any atom is -0.496 e. The number of thioether (sulfide) groups is 1. The number of carbonyl (C=O) groups is 1.